The highest BCUT2D eigenvalue weighted by atomic mass is 19.1. The lowest BCUT2D eigenvalue weighted by atomic mass is 10.1. The second kappa shape index (κ2) is 11.5. The first kappa shape index (κ1) is 24.9. The summed E-state index contributed by atoms with van der Waals surface area (Å²) in [5.41, 5.74) is 3.04. The number of halogens is 1. The first-order chi connectivity index (χ1) is 17.5. The van der Waals surface area contributed by atoms with E-state index >= 15 is 0 Å². The third-order valence-corrected chi connectivity index (χ3v) is 5.67. The predicted octanol–water partition coefficient (Wildman–Crippen LogP) is 5.30. The fourth-order valence-corrected chi connectivity index (χ4v) is 3.82. The molecule has 0 atom stereocenters. The summed E-state index contributed by atoms with van der Waals surface area (Å²) in [6.45, 7) is 2.27. The van der Waals surface area contributed by atoms with E-state index in [9.17, 15) is 9.18 Å². The molecule has 7 nitrogen and oxygen atoms in total. The molecule has 0 N–H and O–H groups in total. The van der Waals surface area contributed by atoms with E-state index in [1.165, 1.54) is 19.2 Å². The number of amides is 1. The summed E-state index contributed by atoms with van der Waals surface area (Å²) >= 11 is 0. The highest BCUT2D eigenvalue weighted by molar-refractivity contribution is 5.77. The molecule has 0 saturated carbocycles. The van der Waals surface area contributed by atoms with Crippen molar-refractivity contribution in [1.82, 2.24) is 14.7 Å². The smallest absolute Gasteiger partial charge is 0.249 e. The average Bonchev–Trinajstić information content (AvgIpc) is 3.20. The van der Waals surface area contributed by atoms with Gasteiger partial charge in [0.05, 0.1) is 30.6 Å². The Morgan fingerprint density at radius 1 is 0.917 bits per heavy atom. The lowest BCUT2D eigenvalue weighted by Crippen LogP contribution is -2.33. The molecule has 0 fully saturated rings. The maximum absolute atomic E-state index is 13.5. The van der Waals surface area contributed by atoms with Gasteiger partial charge in [0.2, 0.25) is 11.8 Å². The zero-order valence-electron chi connectivity index (χ0n) is 20.5. The minimum atomic E-state index is -0.332. The van der Waals surface area contributed by atoms with E-state index in [1.54, 1.807) is 28.8 Å². The van der Waals surface area contributed by atoms with Gasteiger partial charge < -0.3 is 19.1 Å². The van der Waals surface area contributed by atoms with E-state index in [1.807, 2.05) is 61.5 Å². The van der Waals surface area contributed by atoms with Gasteiger partial charge in [-0.05, 0) is 48.9 Å². The molecule has 186 valence electrons. The molecule has 0 bridgehead atoms. The van der Waals surface area contributed by atoms with Crippen molar-refractivity contribution in [2.24, 2.45) is 0 Å². The molecule has 1 heterocycles. The molecule has 0 saturated heterocycles. The van der Waals surface area contributed by atoms with Crippen LogP contribution in [0.3, 0.4) is 0 Å². The van der Waals surface area contributed by atoms with Crippen LogP contribution in [-0.4, -0.2) is 41.4 Å². The van der Waals surface area contributed by atoms with Gasteiger partial charge in [0.25, 0.3) is 0 Å². The van der Waals surface area contributed by atoms with Gasteiger partial charge in [-0.25, -0.2) is 9.07 Å². The van der Waals surface area contributed by atoms with Crippen LogP contribution in [0, 0.1) is 12.7 Å². The summed E-state index contributed by atoms with van der Waals surface area (Å²) in [5, 5.41) is 4.74. The number of carbonyl (C=O) groups excluding carboxylic acids is 1. The number of methoxy groups -OCH3 is 2. The summed E-state index contributed by atoms with van der Waals surface area (Å²) < 4.78 is 32.2. The molecular weight excluding hydrogens is 461 g/mol. The normalized spacial score (nSPS) is 10.8. The quantitative estimate of drug-likeness (QED) is 0.303. The summed E-state index contributed by atoms with van der Waals surface area (Å²) in [6.07, 6.45) is 0. The Morgan fingerprint density at radius 2 is 1.58 bits per heavy atom. The van der Waals surface area contributed by atoms with Gasteiger partial charge in [0, 0.05) is 13.7 Å². The molecule has 36 heavy (non-hydrogen) atoms. The van der Waals surface area contributed by atoms with Gasteiger partial charge in [-0.15, -0.1) is 0 Å². The lowest BCUT2D eigenvalue weighted by Gasteiger charge is -2.23. The van der Waals surface area contributed by atoms with Gasteiger partial charge in [0.1, 0.15) is 12.4 Å². The molecule has 0 aliphatic heterocycles. The lowest BCUT2D eigenvalue weighted by molar-refractivity contribution is -0.136. The number of nitrogens with zero attached hydrogens (tertiary/aromatic N) is 3. The van der Waals surface area contributed by atoms with Crippen molar-refractivity contribution in [1.29, 1.82) is 0 Å². The molecular formula is C28H28FN3O4. The van der Waals surface area contributed by atoms with Crippen molar-refractivity contribution in [2.45, 2.75) is 20.0 Å². The van der Waals surface area contributed by atoms with Crippen LogP contribution >= 0.6 is 0 Å². The standard InChI is InChI=1S/C28H28FN3O4/c1-20-24(18-31(27(33)19-34-2)17-21-13-15-22(29)16-14-21)28(32(30-20)23-9-5-4-6-10-23)36-26-12-8-7-11-25(26)35-3/h4-16H,17-19H2,1-3H3. The highest BCUT2D eigenvalue weighted by Crippen LogP contribution is 2.36. The second-order valence-electron chi connectivity index (χ2n) is 8.18. The number of ether oxygens (including phenoxy) is 3. The fourth-order valence-electron chi connectivity index (χ4n) is 3.82. The summed E-state index contributed by atoms with van der Waals surface area (Å²) in [5.74, 6) is 1.02. The van der Waals surface area contributed by atoms with Crippen LogP contribution < -0.4 is 9.47 Å². The van der Waals surface area contributed by atoms with E-state index < -0.39 is 0 Å². The number of hydrogen-bond acceptors (Lipinski definition) is 5. The van der Waals surface area contributed by atoms with Crippen molar-refractivity contribution >= 4 is 5.91 Å². The highest BCUT2D eigenvalue weighted by Gasteiger charge is 2.24. The molecule has 8 heteroatoms. The van der Waals surface area contributed by atoms with Crippen molar-refractivity contribution in [3.05, 3.63) is 102 Å². The summed E-state index contributed by atoms with van der Waals surface area (Å²) in [6, 6.07) is 23.0. The Balaban J connectivity index is 1.76. The fraction of sp³-hybridized carbons (Fsp3) is 0.214. The SMILES string of the molecule is COCC(=O)N(Cc1ccc(F)cc1)Cc1c(C)nn(-c2ccccc2)c1Oc1ccccc1OC. The number of hydrogen-bond donors (Lipinski definition) is 0. The molecule has 4 rings (SSSR count). The Labute approximate surface area is 209 Å². The van der Waals surface area contributed by atoms with Crippen LogP contribution in [0.2, 0.25) is 0 Å². The molecule has 0 aliphatic carbocycles. The molecule has 0 aliphatic rings. The minimum absolute atomic E-state index is 0.0875. The van der Waals surface area contributed by atoms with E-state index in [2.05, 4.69) is 0 Å². The largest absolute Gasteiger partial charge is 0.493 e. The Bertz CT molecular complexity index is 1310. The summed E-state index contributed by atoms with van der Waals surface area (Å²) in [7, 11) is 3.06. The van der Waals surface area contributed by atoms with Crippen molar-refractivity contribution in [2.75, 3.05) is 20.8 Å². The van der Waals surface area contributed by atoms with Crippen LogP contribution in [0.4, 0.5) is 4.39 Å². The number of benzene rings is 3. The zero-order valence-corrected chi connectivity index (χ0v) is 20.5. The van der Waals surface area contributed by atoms with Gasteiger partial charge >= 0.3 is 0 Å². The molecule has 0 unspecified atom stereocenters. The van der Waals surface area contributed by atoms with E-state index in [0.29, 0.717) is 23.1 Å². The molecule has 4 aromatic rings. The average molecular weight is 490 g/mol. The number of carbonyl (C=O) groups is 1. The predicted molar refractivity (Wildman–Crippen MR) is 134 cm³/mol. The molecule has 0 spiro atoms. The number of aryl methyl sites for hydroxylation is 1. The van der Waals surface area contributed by atoms with Gasteiger partial charge in [-0.2, -0.15) is 5.10 Å². The maximum atomic E-state index is 13.5. The topological polar surface area (TPSA) is 65.8 Å². The molecule has 0 radical (unpaired) electrons. The first-order valence-electron chi connectivity index (χ1n) is 11.5. The maximum Gasteiger partial charge on any atom is 0.249 e. The molecule has 1 amide bonds. The van der Waals surface area contributed by atoms with E-state index in [-0.39, 0.29) is 31.4 Å². The number of aromatic nitrogens is 2. The Kier molecular flexibility index (Phi) is 7.97. The van der Waals surface area contributed by atoms with Gasteiger partial charge in [-0.1, -0.05) is 42.5 Å². The van der Waals surface area contributed by atoms with E-state index in [0.717, 1.165) is 16.8 Å². The van der Waals surface area contributed by atoms with Crippen molar-refractivity contribution < 1.29 is 23.4 Å². The monoisotopic (exact) mass is 489 g/mol. The van der Waals surface area contributed by atoms with Gasteiger partial charge in [-0.3, -0.25) is 4.79 Å². The second-order valence-corrected chi connectivity index (χ2v) is 8.18. The van der Waals surface area contributed by atoms with E-state index in [4.69, 9.17) is 19.3 Å². The Morgan fingerprint density at radius 3 is 2.25 bits per heavy atom. The van der Waals surface area contributed by atoms with Crippen molar-refractivity contribution in [3.63, 3.8) is 0 Å². The minimum Gasteiger partial charge on any atom is -0.493 e. The molecule has 3 aromatic carbocycles. The molecule has 1 aromatic heterocycles. The first-order valence-corrected chi connectivity index (χ1v) is 11.5. The van der Waals surface area contributed by atoms with Crippen LogP contribution in [0.15, 0.2) is 78.9 Å². The number of rotatable bonds is 10. The van der Waals surface area contributed by atoms with Crippen LogP contribution in [0.5, 0.6) is 17.4 Å². The third kappa shape index (κ3) is 5.72. The van der Waals surface area contributed by atoms with Crippen LogP contribution in [0.25, 0.3) is 5.69 Å². The third-order valence-electron chi connectivity index (χ3n) is 5.67. The Hall–Kier alpha value is -4.17. The van der Waals surface area contributed by atoms with Crippen molar-refractivity contribution in [3.8, 4) is 23.1 Å². The van der Waals surface area contributed by atoms with Crippen LogP contribution in [-0.2, 0) is 22.6 Å². The van der Waals surface area contributed by atoms with Crippen LogP contribution in [0.1, 0.15) is 16.8 Å². The summed E-state index contributed by atoms with van der Waals surface area (Å²) in [4.78, 5) is 14.7. The number of para-hydroxylation sites is 3. The zero-order chi connectivity index (χ0) is 25.5. The van der Waals surface area contributed by atoms with Gasteiger partial charge in [0.15, 0.2) is 11.5 Å².